The molecule has 0 atom stereocenters. The lowest BCUT2D eigenvalue weighted by Gasteiger charge is -2.35. The predicted octanol–water partition coefficient (Wildman–Crippen LogP) is 9.26. The van der Waals surface area contributed by atoms with Crippen molar-refractivity contribution in [1.82, 2.24) is 0 Å². The number of phenolic OH excluding ortho intramolecular Hbond substituents is 1. The fraction of sp³-hybridized carbons (Fsp3) is 0.176. The van der Waals surface area contributed by atoms with E-state index in [1.165, 1.54) is 31.4 Å². The maximum atomic E-state index is 12.7. The van der Waals surface area contributed by atoms with Gasteiger partial charge >= 0.3 is 6.36 Å². The Morgan fingerprint density at radius 2 is 1.60 bits per heavy atom. The van der Waals surface area contributed by atoms with Crippen molar-refractivity contribution in [3.63, 3.8) is 0 Å². The Hall–Kier alpha value is -5.05. The molecule has 6 rings (SSSR count). The van der Waals surface area contributed by atoms with Crippen molar-refractivity contribution in [2.45, 2.75) is 32.7 Å². The van der Waals surface area contributed by atoms with Gasteiger partial charge in [0, 0.05) is 28.4 Å². The van der Waals surface area contributed by atoms with E-state index in [1.807, 2.05) is 24.3 Å². The summed E-state index contributed by atoms with van der Waals surface area (Å²) < 4.78 is 60.1. The lowest BCUT2D eigenvalue weighted by atomic mass is 9.83. The first-order valence-electron chi connectivity index (χ1n) is 13.5. The Balaban J connectivity index is 1.44. The standard InChI is InChI=1S/C34H28F3NO5/c1-19-18-33(2,3)38-25-12-11-24-30(29(19)25)28(42-27-14-13-26(39)32(40-4)31(24)27)16-20-7-5-8-21(15-20)41-22-9-6-10-23(17-22)43-34(35,36)37/h5-18,38-39H,1-4H3/b28-16-. The number of allylic oxidation sites excluding steroid dienone is 1. The molecule has 0 aromatic heterocycles. The van der Waals surface area contributed by atoms with E-state index in [9.17, 15) is 18.3 Å². The summed E-state index contributed by atoms with van der Waals surface area (Å²) in [5.41, 5.74) is 5.76. The fourth-order valence-electron chi connectivity index (χ4n) is 5.64. The maximum absolute atomic E-state index is 12.7. The van der Waals surface area contributed by atoms with Crippen LogP contribution in [0.2, 0.25) is 0 Å². The molecular formula is C34H28F3NO5. The number of rotatable bonds is 5. The second-order valence-corrected chi connectivity index (χ2v) is 10.9. The van der Waals surface area contributed by atoms with Crippen molar-refractivity contribution in [2.24, 2.45) is 0 Å². The number of ether oxygens (including phenoxy) is 4. The number of halogens is 3. The summed E-state index contributed by atoms with van der Waals surface area (Å²) in [6.45, 7) is 6.25. The first-order valence-corrected chi connectivity index (χ1v) is 13.5. The van der Waals surface area contributed by atoms with E-state index < -0.39 is 6.36 Å². The second-order valence-electron chi connectivity index (χ2n) is 10.9. The number of nitrogens with one attached hydrogen (secondary N) is 1. The average Bonchev–Trinajstić information content (AvgIpc) is 2.91. The molecule has 2 N–H and O–H groups in total. The number of methoxy groups -OCH3 is 1. The van der Waals surface area contributed by atoms with Gasteiger partial charge in [0.1, 0.15) is 28.8 Å². The lowest BCUT2D eigenvalue weighted by Crippen LogP contribution is -2.32. The SMILES string of the molecule is COc1c(O)ccc2c1-c1ccc3c(c1/C(=C/c1cccc(Oc4cccc(OC(F)(F)F)c4)c1)O2)C(C)=CC(C)(C)N3. The summed E-state index contributed by atoms with van der Waals surface area (Å²) in [7, 11) is 1.50. The Morgan fingerprint density at radius 3 is 2.35 bits per heavy atom. The van der Waals surface area contributed by atoms with Crippen LogP contribution >= 0.6 is 0 Å². The van der Waals surface area contributed by atoms with Crippen molar-refractivity contribution >= 4 is 23.1 Å². The molecule has 4 aromatic carbocycles. The second kappa shape index (κ2) is 10.3. The highest BCUT2D eigenvalue weighted by Crippen LogP contribution is 2.54. The van der Waals surface area contributed by atoms with Crippen LogP contribution in [0.1, 0.15) is 37.5 Å². The molecule has 0 spiro atoms. The van der Waals surface area contributed by atoms with Crippen LogP contribution in [0.15, 0.2) is 78.9 Å². The minimum Gasteiger partial charge on any atom is -0.504 e. The molecule has 0 bridgehead atoms. The van der Waals surface area contributed by atoms with Gasteiger partial charge in [0.05, 0.1) is 18.2 Å². The Morgan fingerprint density at radius 1 is 0.884 bits per heavy atom. The van der Waals surface area contributed by atoms with Gasteiger partial charge in [0.25, 0.3) is 0 Å². The fourth-order valence-corrected chi connectivity index (χ4v) is 5.64. The number of aromatic hydroxyl groups is 1. The summed E-state index contributed by atoms with van der Waals surface area (Å²) in [5.74, 6) is 1.64. The van der Waals surface area contributed by atoms with Crippen LogP contribution in [-0.4, -0.2) is 24.1 Å². The summed E-state index contributed by atoms with van der Waals surface area (Å²) >= 11 is 0. The zero-order chi connectivity index (χ0) is 30.5. The number of fused-ring (bicyclic) bond motifs is 5. The molecule has 0 saturated heterocycles. The molecule has 2 heterocycles. The molecule has 0 unspecified atom stereocenters. The van der Waals surface area contributed by atoms with Gasteiger partial charge in [-0.2, -0.15) is 0 Å². The molecule has 0 saturated carbocycles. The van der Waals surface area contributed by atoms with Crippen molar-refractivity contribution in [3.8, 4) is 45.6 Å². The minimum atomic E-state index is -4.81. The van der Waals surface area contributed by atoms with Crippen LogP contribution < -0.4 is 24.3 Å². The lowest BCUT2D eigenvalue weighted by molar-refractivity contribution is -0.274. The number of phenols is 1. The summed E-state index contributed by atoms with van der Waals surface area (Å²) in [6, 6.07) is 19.7. The quantitative estimate of drug-likeness (QED) is 0.243. The molecule has 0 amide bonds. The highest BCUT2D eigenvalue weighted by molar-refractivity contribution is 6.02. The minimum absolute atomic E-state index is 0.00188. The number of anilines is 1. The molecule has 220 valence electrons. The third-order valence-corrected chi connectivity index (χ3v) is 7.10. The van der Waals surface area contributed by atoms with E-state index in [-0.39, 0.29) is 22.8 Å². The number of alkyl halides is 3. The van der Waals surface area contributed by atoms with Crippen molar-refractivity contribution in [1.29, 1.82) is 0 Å². The van der Waals surface area contributed by atoms with Gasteiger partial charge in [-0.05, 0) is 80.4 Å². The van der Waals surface area contributed by atoms with Gasteiger partial charge in [-0.1, -0.05) is 30.3 Å². The van der Waals surface area contributed by atoms with Gasteiger partial charge < -0.3 is 29.4 Å². The van der Waals surface area contributed by atoms with Crippen LogP contribution in [-0.2, 0) is 0 Å². The summed E-state index contributed by atoms with van der Waals surface area (Å²) in [4.78, 5) is 0. The van der Waals surface area contributed by atoms with E-state index in [1.54, 1.807) is 30.3 Å². The number of hydrogen-bond acceptors (Lipinski definition) is 6. The van der Waals surface area contributed by atoms with Crippen LogP contribution in [0.3, 0.4) is 0 Å². The third-order valence-electron chi connectivity index (χ3n) is 7.10. The predicted molar refractivity (Wildman–Crippen MR) is 160 cm³/mol. The molecule has 9 heteroatoms. The summed E-state index contributed by atoms with van der Waals surface area (Å²) in [5, 5.41) is 14.2. The largest absolute Gasteiger partial charge is 0.573 e. The first kappa shape index (κ1) is 28.1. The highest BCUT2D eigenvalue weighted by Gasteiger charge is 2.34. The van der Waals surface area contributed by atoms with Gasteiger partial charge in [-0.15, -0.1) is 13.2 Å². The maximum Gasteiger partial charge on any atom is 0.573 e. The first-order chi connectivity index (χ1) is 20.4. The molecule has 0 fully saturated rings. The molecule has 0 radical (unpaired) electrons. The molecule has 6 nitrogen and oxygen atoms in total. The number of hydrogen-bond donors (Lipinski definition) is 2. The van der Waals surface area contributed by atoms with Gasteiger partial charge in [0.15, 0.2) is 11.5 Å². The average molecular weight is 588 g/mol. The number of benzene rings is 4. The van der Waals surface area contributed by atoms with Gasteiger partial charge in [0.2, 0.25) is 0 Å². The van der Waals surface area contributed by atoms with Crippen molar-refractivity contribution in [3.05, 3.63) is 95.6 Å². The van der Waals surface area contributed by atoms with E-state index in [0.29, 0.717) is 28.6 Å². The molecule has 4 aromatic rings. The normalized spacial score (nSPS) is 15.7. The topological polar surface area (TPSA) is 69.2 Å². The van der Waals surface area contributed by atoms with Crippen LogP contribution in [0.25, 0.3) is 28.5 Å². The van der Waals surface area contributed by atoms with Crippen LogP contribution in [0.4, 0.5) is 18.9 Å². The molecule has 2 aliphatic rings. The van der Waals surface area contributed by atoms with E-state index in [2.05, 4.69) is 36.9 Å². The molecular weight excluding hydrogens is 559 g/mol. The van der Waals surface area contributed by atoms with E-state index in [4.69, 9.17) is 14.2 Å². The Kier molecular flexibility index (Phi) is 6.76. The van der Waals surface area contributed by atoms with Gasteiger partial charge in [-0.3, -0.25) is 0 Å². The Bertz CT molecular complexity index is 1810. The third kappa shape index (κ3) is 5.58. The monoisotopic (exact) mass is 587 g/mol. The van der Waals surface area contributed by atoms with Crippen LogP contribution in [0, 0.1) is 0 Å². The highest BCUT2D eigenvalue weighted by atomic mass is 19.4. The van der Waals surface area contributed by atoms with Gasteiger partial charge in [-0.25, -0.2) is 0 Å². The Labute approximate surface area is 246 Å². The van der Waals surface area contributed by atoms with Crippen molar-refractivity contribution < 1.29 is 37.2 Å². The zero-order valence-electron chi connectivity index (χ0n) is 23.8. The molecule has 43 heavy (non-hydrogen) atoms. The van der Waals surface area contributed by atoms with E-state index >= 15 is 0 Å². The van der Waals surface area contributed by atoms with Crippen LogP contribution in [0.5, 0.6) is 34.5 Å². The molecule has 0 aliphatic carbocycles. The smallest absolute Gasteiger partial charge is 0.504 e. The zero-order valence-corrected chi connectivity index (χ0v) is 23.8. The summed E-state index contributed by atoms with van der Waals surface area (Å²) in [6.07, 6.45) is -0.765. The molecule has 2 aliphatic heterocycles. The van der Waals surface area contributed by atoms with Crippen molar-refractivity contribution in [2.75, 3.05) is 12.4 Å². The van der Waals surface area contributed by atoms with E-state index in [0.717, 1.165) is 33.5 Å².